The Hall–Kier alpha value is -2.30. The molecule has 0 spiro atoms. The summed E-state index contributed by atoms with van der Waals surface area (Å²) >= 11 is 0. The first-order valence-corrected chi connectivity index (χ1v) is 6.32. The third-order valence-corrected chi connectivity index (χ3v) is 2.64. The number of aromatic carboxylic acids is 1. The van der Waals surface area contributed by atoms with E-state index in [1.54, 1.807) is 17.0 Å². The number of hydrogen-bond donors (Lipinski definition) is 1. The van der Waals surface area contributed by atoms with Crippen LogP contribution in [0, 0.1) is 0 Å². The zero-order valence-electron chi connectivity index (χ0n) is 11.8. The van der Waals surface area contributed by atoms with Crippen molar-refractivity contribution in [2.24, 2.45) is 0 Å². The minimum Gasteiger partial charge on any atom is -0.484 e. The Kier molecular flexibility index (Phi) is 5.77. The molecular formula is C15H19NO4. The van der Waals surface area contributed by atoms with Gasteiger partial charge in [-0.25, -0.2) is 4.79 Å². The molecule has 0 saturated heterocycles. The van der Waals surface area contributed by atoms with Crippen LogP contribution in [0.2, 0.25) is 0 Å². The first-order chi connectivity index (χ1) is 9.43. The monoisotopic (exact) mass is 277 g/mol. The number of carbonyl (C=O) groups excluding carboxylic acids is 1. The Bertz CT molecular complexity index is 510. The van der Waals surface area contributed by atoms with Gasteiger partial charge in [0.2, 0.25) is 0 Å². The third-order valence-electron chi connectivity index (χ3n) is 2.64. The Morgan fingerprint density at radius 2 is 2.10 bits per heavy atom. The Balaban J connectivity index is 2.62. The quantitative estimate of drug-likeness (QED) is 0.776. The Morgan fingerprint density at radius 1 is 1.40 bits per heavy atom. The largest absolute Gasteiger partial charge is 0.484 e. The van der Waals surface area contributed by atoms with Crippen LogP contribution >= 0.6 is 0 Å². The molecule has 0 atom stereocenters. The number of nitrogens with zero attached hydrogens (tertiary/aromatic N) is 1. The van der Waals surface area contributed by atoms with E-state index in [4.69, 9.17) is 9.84 Å². The molecule has 0 radical (unpaired) electrons. The molecule has 0 bridgehead atoms. The van der Waals surface area contributed by atoms with E-state index in [1.165, 1.54) is 12.1 Å². The predicted molar refractivity (Wildman–Crippen MR) is 76.0 cm³/mol. The second-order valence-corrected chi connectivity index (χ2v) is 4.49. The molecule has 0 aromatic heterocycles. The highest BCUT2D eigenvalue weighted by atomic mass is 16.5. The fourth-order valence-corrected chi connectivity index (χ4v) is 1.66. The number of rotatable bonds is 7. The molecule has 0 unspecified atom stereocenters. The second-order valence-electron chi connectivity index (χ2n) is 4.49. The first-order valence-electron chi connectivity index (χ1n) is 6.32. The van der Waals surface area contributed by atoms with Gasteiger partial charge in [-0.3, -0.25) is 4.79 Å². The maximum atomic E-state index is 11.9. The standard InChI is InChI=1S/C15H19NO4/c1-4-16(9-11(2)3)14(17)10-20-13-7-5-6-12(8-13)15(18)19/h5-8H,2,4,9-10H2,1,3H3,(H,18,19). The molecule has 1 rings (SSSR count). The molecule has 0 aliphatic carbocycles. The lowest BCUT2D eigenvalue weighted by Gasteiger charge is -2.21. The van der Waals surface area contributed by atoms with Crippen molar-refractivity contribution >= 4 is 11.9 Å². The van der Waals surface area contributed by atoms with E-state index in [1.807, 2.05) is 13.8 Å². The van der Waals surface area contributed by atoms with Gasteiger partial charge in [-0.2, -0.15) is 0 Å². The van der Waals surface area contributed by atoms with Gasteiger partial charge in [0.1, 0.15) is 5.75 Å². The van der Waals surface area contributed by atoms with E-state index in [0.717, 1.165) is 5.57 Å². The molecule has 1 aromatic carbocycles. The zero-order valence-corrected chi connectivity index (χ0v) is 11.8. The highest BCUT2D eigenvalue weighted by Crippen LogP contribution is 2.13. The van der Waals surface area contributed by atoms with Crippen LogP contribution in [-0.2, 0) is 4.79 Å². The lowest BCUT2D eigenvalue weighted by atomic mass is 10.2. The van der Waals surface area contributed by atoms with Crippen LogP contribution < -0.4 is 4.74 Å². The van der Waals surface area contributed by atoms with Gasteiger partial charge in [-0.1, -0.05) is 18.2 Å². The van der Waals surface area contributed by atoms with Crippen LogP contribution in [0.1, 0.15) is 24.2 Å². The number of benzene rings is 1. The molecule has 1 aromatic rings. The van der Waals surface area contributed by atoms with Crippen LogP contribution in [0.4, 0.5) is 0 Å². The minimum atomic E-state index is -1.03. The topological polar surface area (TPSA) is 66.8 Å². The Labute approximate surface area is 118 Å². The van der Waals surface area contributed by atoms with Crippen molar-refractivity contribution < 1.29 is 19.4 Å². The van der Waals surface area contributed by atoms with Crippen molar-refractivity contribution in [2.45, 2.75) is 13.8 Å². The van der Waals surface area contributed by atoms with Crippen LogP contribution in [0.15, 0.2) is 36.4 Å². The molecule has 5 nitrogen and oxygen atoms in total. The van der Waals surface area contributed by atoms with Crippen LogP contribution in [-0.4, -0.2) is 41.6 Å². The SMILES string of the molecule is C=C(C)CN(CC)C(=O)COc1cccc(C(=O)O)c1. The molecule has 108 valence electrons. The highest BCUT2D eigenvalue weighted by molar-refractivity contribution is 5.88. The molecule has 5 heteroatoms. The summed E-state index contributed by atoms with van der Waals surface area (Å²) in [6, 6.07) is 6.06. The summed E-state index contributed by atoms with van der Waals surface area (Å²) in [5.41, 5.74) is 1.03. The number of ether oxygens (including phenoxy) is 1. The van der Waals surface area contributed by atoms with Crippen molar-refractivity contribution in [3.63, 3.8) is 0 Å². The summed E-state index contributed by atoms with van der Waals surface area (Å²) < 4.78 is 5.34. The van der Waals surface area contributed by atoms with E-state index in [9.17, 15) is 9.59 Å². The number of hydrogen-bond acceptors (Lipinski definition) is 3. The molecule has 0 saturated carbocycles. The van der Waals surface area contributed by atoms with E-state index in [0.29, 0.717) is 18.8 Å². The predicted octanol–water partition coefficient (Wildman–Crippen LogP) is 2.19. The third kappa shape index (κ3) is 4.76. The van der Waals surface area contributed by atoms with Gasteiger partial charge in [-0.05, 0) is 32.0 Å². The average molecular weight is 277 g/mol. The Morgan fingerprint density at radius 3 is 2.65 bits per heavy atom. The number of carbonyl (C=O) groups is 2. The second kappa shape index (κ2) is 7.33. The molecule has 0 heterocycles. The van der Waals surface area contributed by atoms with E-state index >= 15 is 0 Å². The first kappa shape index (κ1) is 15.8. The van der Waals surface area contributed by atoms with Crippen molar-refractivity contribution in [3.8, 4) is 5.75 Å². The van der Waals surface area contributed by atoms with Gasteiger partial charge in [0.15, 0.2) is 6.61 Å². The van der Waals surface area contributed by atoms with E-state index in [-0.39, 0.29) is 18.1 Å². The summed E-state index contributed by atoms with van der Waals surface area (Å²) in [5, 5.41) is 8.87. The molecule has 0 aliphatic rings. The van der Waals surface area contributed by atoms with Crippen molar-refractivity contribution in [1.29, 1.82) is 0 Å². The lowest BCUT2D eigenvalue weighted by molar-refractivity contribution is -0.132. The van der Waals surface area contributed by atoms with Gasteiger partial charge < -0.3 is 14.7 Å². The number of carboxylic acid groups (broad SMARTS) is 1. The maximum Gasteiger partial charge on any atom is 0.335 e. The zero-order chi connectivity index (χ0) is 15.1. The van der Waals surface area contributed by atoms with Crippen molar-refractivity contribution in [2.75, 3.05) is 19.7 Å². The van der Waals surface area contributed by atoms with Gasteiger partial charge >= 0.3 is 5.97 Å². The molecular weight excluding hydrogens is 258 g/mol. The van der Waals surface area contributed by atoms with E-state index in [2.05, 4.69) is 6.58 Å². The van der Waals surface area contributed by atoms with Crippen LogP contribution in [0.3, 0.4) is 0 Å². The number of amides is 1. The molecule has 20 heavy (non-hydrogen) atoms. The van der Waals surface area contributed by atoms with Gasteiger partial charge in [0.25, 0.3) is 5.91 Å². The van der Waals surface area contributed by atoms with Gasteiger partial charge in [0.05, 0.1) is 5.56 Å². The molecule has 1 amide bonds. The van der Waals surface area contributed by atoms with Gasteiger partial charge in [-0.15, -0.1) is 0 Å². The normalized spacial score (nSPS) is 9.90. The summed E-state index contributed by atoms with van der Waals surface area (Å²) in [6.07, 6.45) is 0. The molecule has 1 N–H and O–H groups in total. The maximum absolute atomic E-state index is 11.9. The van der Waals surface area contributed by atoms with Crippen molar-refractivity contribution in [3.05, 3.63) is 42.0 Å². The smallest absolute Gasteiger partial charge is 0.335 e. The number of carboxylic acids is 1. The molecule has 0 fully saturated rings. The average Bonchev–Trinajstić information content (AvgIpc) is 2.42. The van der Waals surface area contributed by atoms with E-state index < -0.39 is 5.97 Å². The molecule has 0 aliphatic heterocycles. The van der Waals surface area contributed by atoms with Gasteiger partial charge in [0, 0.05) is 13.1 Å². The summed E-state index contributed by atoms with van der Waals surface area (Å²) in [5.74, 6) is -0.819. The number of likely N-dealkylation sites (N-methyl/N-ethyl adjacent to an activating group) is 1. The summed E-state index contributed by atoms with van der Waals surface area (Å²) in [6.45, 7) is 8.46. The lowest BCUT2D eigenvalue weighted by Crippen LogP contribution is -2.35. The van der Waals surface area contributed by atoms with Crippen LogP contribution in [0.25, 0.3) is 0 Å². The minimum absolute atomic E-state index is 0.121. The highest BCUT2D eigenvalue weighted by Gasteiger charge is 2.12. The van der Waals surface area contributed by atoms with Crippen LogP contribution in [0.5, 0.6) is 5.75 Å². The summed E-state index contributed by atoms with van der Waals surface area (Å²) in [7, 11) is 0. The summed E-state index contributed by atoms with van der Waals surface area (Å²) in [4.78, 5) is 24.4. The van der Waals surface area contributed by atoms with Crippen molar-refractivity contribution in [1.82, 2.24) is 4.90 Å². The fraction of sp³-hybridized carbons (Fsp3) is 0.333. The fourth-order valence-electron chi connectivity index (χ4n) is 1.66.